The second kappa shape index (κ2) is 7.30. The molecule has 1 aliphatic heterocycles. The molecule has 0 aromatic heterocycles. The van der Waals surface area contributed by atoms with Crippen LogP contribution < -0.4 is 4.90 Å². The van der Waals surface area contributed by atoms with Crippen LogP contribution in [0.15, 0.2) is 66.4 Å². The minimum Gasteiger partial charge on any atom is -0.371 e. The lowest BCUT2D eigenvalue weighted by atomic mass is 10.1. The van der Waals surface area contributed by atoms with Crippen LogP contribution in [0.2, 0.25) is 0 Å². The number of ketones is 1. The molecule has 0 saturated carbocycles. The largest absolute Gasteiger partial charge is 0.371 e. The molecule has 0 aliphatic carbocycles. The molecule has 3 rings (SSSR count). The van der Waals surface area contributed by atoms with Gasteiger partial charge in [-0.1, -0.05) is 30.3 Å². The number of carbonyl (C=O) groups is 1. The van der Waals surface area contributed by atoms with Gasteiger partial charge in [0.2, 0.25) is 0 Å². The van der Waals surface area contributed by atoms with Crippen LogP contribution in [0.1, 0.15) is 17.3 Å². The lowest BCUT2D eigenvalue weighted by molar-refractivity contribution is 0.104. The molecule has 0 bridgehead atoms. The second-order valence-electron chi connectivity index (χ2n) is 5.97. The number of carbonyl (C=O) groups excluding carboxylic acids is 1. The Balaban J connectivity index is 1.62. The lowest BCUT2D eigenvalue weighted by Crippen LogP contribution is -2.45. The number of nitrogens with zero attached hydrogens (tertiary/aromatic N) is 2. The normalized spacial score (nSPS) is 15.5. The van der Waals surface area contributed by atoms with E-state index in [1.54, 1.807) is 18.2 Å². The molecule has 0 atom stereocenters. The summed E-state index contributed by atoms with van der Waals surface area (Å²) in [5.41, 5.74) is 2.55. The molecular weight excluding hydrogens is 303 g/mol. The van der Waals surface area contributed by atoms with E-state index in [0.29, 0.717) is 5.56 Å². The predicted octanol–water partition coefficient (Wildman–Crippen LogP) is 3.73. The second-order valence-corrected chi connectivity index (χ2v) is 5.97. The molecule has 2 aromatic carbocycles. The highest BCUT2D eigenvalue weighted by Crippen LogP contribution is 2.18. The summed E-state index contributed by atoms with van der Waals surface area (Å²) in [7, 11) is 0. The summed E-state index contributed by atoms with van der Waals surface area (Å²) in [6, 6.07) is 16.2. The number of piperazine rings is 1. The van der Waals surface area contributed by atoms with E-state index in [2.05, 4.69) is 21.9 Å². The van der Waals surface area contributed by atoms with Crippen LogP contribution in [0.5, 0.6) is 0 Å². The molecule has 24 heavy (non-hydrogen) atoms. The van der Waals surface area contributed by atoms with E-state index in [-0.39, 0.29) is 11.6 Å². The Hall–Kier alpha value is -2.62. The summed E-state index contributed by atoms with van der Waals surface area (Å²) in [6.07, 6.45) is 1.60. The monoisotopic (exact) mass is 324 g/mol. The van der Waals surface area contributed by atoms with Crippen LogP contribution >= 0.6 is 0 Å². The van der Waals surface area contributed by atoms with E-state index in [1.807, 2.05) is 25.1 Å². The first-order valence-electron chi connectivity index (χ1n) is 8.16. The van der Waals surface area contributed by atoms with Gasteiger partial charge in [0.15, 0.2) is 5.78 Å². The fraction of sp³-hybridized carbons (Fsp3) is 0.250. The Labute approximate surface area is 142 Å². The summed E-state index contributed by atoms with van der Waals surface area (Å²) in [4.78, 5) is 16.8. The van der Waals surface area contributed by atoms with Gasteiger partial charge in [-0.05, 0) is 31.2 Å². The van der Waals surface area contributed by atoms with Crippen molar-refractivity contribution in [3.05, 3.63) is 77.8 Å². The van der Waals surface area contributed by atoms with Crippen molar-refractivity contribution in [1.29, 1.82) is 0 Å². The Morgan fingerprint density at radius 1 is 1.00 bits per heavy atom. The zero-order chi connectivity index (χ0) is 16.9. The third kappa shape index (κ3) is 3.82. The quantitative estimate of drug-likeness (QED) is 0.632. The Morgan fingerprint density at radius 3 is 2.38 bits per heavy atom. The fourth-order valence-corrected chi connectivity index (χ4v) is 2.96. The first kappa shape index (κ1) is 16.2. The molecule has 3 nitrogen and oxygen atoms in total. The van der Waals surface area contributed by atoms with Gasteiger partial charge in [-0.3, -0.25) is 4.79 Å². The van der Waals surface area contributed by atoms with Crippen molar-refractivity contribution < 1.29 is 9.18 Å². The molecule has 0 unspecified atom stereocenters. The Kier molecular flexibility index (Phi) is 4.94. The SMILES string of the molecule is C/C(=C/C(=O)c1cccc(F)c1)N1CCN(c2ccccc2)CC1. The highest BCUT2D eigenvalue weighted by Gasteiger charge is 2.17. The zero-order valence-electron chi connectivity index (χ0n) is 13.8. The van der Waals surface area contributed by atoms with Crippen LogP contribution in [0, 0.1) is 5.82 Å². The zero-order valence-corrected chi connectivity index (χ0v) is 13.8. The Morgan fingerprint density at radius 2 is 1.71 bits per heavy atom. The van der Waals surface area contributed by atoms with Gasteiger partial charge in [0.1, 0.15) is 5.82 Å². The van der Waals surface area contributed by atoms with Gasteiger partial charge >= 0.3 is 0 Å². The number of para-hydroxylation sites is 1. The van der Waals surface area contributed by atoms with Crippen LogP contribution in [0.25, 0.3) is 0 Å². The van der Waals surface area contributed by atoms with Crippen molar-refractivity contribution in [2.24, 2.45) is 0 Å². The standard InChI is InChI=1S/C20H21FN2O/c1-16(14-20(24)17-6-5-7-18(21)15-17)22-10-12-23(13-11-22)19-8-3-2-4-9-19/h2-9,14-15H,10-13H2,1H3/b16-14-. The van der Waals surface area contributed by atoms with Crippen molar-refractivity contribution in [3.63, 3.8) is 0 Å². The third-order valence-electron chi connectivity index (χ3n) is 4.35. The lowest BCUT2D eigenvalue weighted by Gasteiger charge is -2.37. The maximum absolute atomic E-state index is 13.2. The van der Waals surface area contributed by atoms with Crippen molar-refractivity contribution in [3.8, 4) is 0 Å². The van der Waals surface area contributed by atoms with Crippen molar-refractivity contribution in [1.82, 2.24) is 4.90 Å². The Bertz CT molecular complexity index is 734. The van der Waals surface area contributed by atoms with Crippen molar-refractivity contribution in [2.75, 3.05) is 31.1 Å². The summed E-state index contributed by atoms with van der Waals surface area (Å²) >= 11 is 0. The van der Waals surface area contributed by atoms with Gasteiger partial charge in [0.25, 0.3) is 0 Å². The first-order chi connectivity index (χ1) is 11.6. The molecule has 124 valence electrons. The summed E-state index contributed by atoms with van der Waals surface area (Å²) in [5.74, 6) is -0.541. The molecule has 0 N–H and O–H groups in total. The van der Waals surface area contributed by atoms with E-state index >= 15 is 0 Å². The van der Waals surface area contributed by atoms with Crippen molar-refractivity contribution >= 4 is 11.5 Å². The number of benzene rings is 2. The molecule has 0 spiro atoms. The van der Waals surface area contributed by atoms with E-state index < -0.39 is 0 Å². The molecule has 1 heterocycles. The van der Waals surface area contributed by atoms with Gasteiger partial charge in [-0.2, -0.15) is 0 Å². The number of hydrogen-bond acceptors (Lipinski definition) is 3. The van der Waals surface area contributed by atoms with E-state index in [4.69, 9.17) is 0 Å². The summed E-state index contributed by atoms with van der Waals surface area (Å²) < 4.78 is 13.2. The smallest absolute Gasteiger partial charge is 0.187 e. The average molecular weight is 324 g/mol. The van der Waals surface area contributed by atoms with Gasteiger partial charge in [0, 0.05) is 49.2 Å². The summed E-state index contributed by atoms with van der Waals surface area (Å²) in [6.45, 7) is 5.52. The molecular formula is C20H21FN2O. The van der Waals surface area contributed by atoms with Gasteiger partial charge in [-0.25, -0.2) is 4.39 Å². The molecule has 4 heteroatoms. The van der Waals surface area contributed by atoms with Gasteiger partial charge in [-0.15, -0.1) is 0 Å². The van der Waals surface area contributed by atoms with Crippen LogP contribution in [-0.4, -0.2) is 36.9 Å². The molecule has 1 saturated heterocycles. The number of allylic oxidation sites excluding steroid dienone is 2. The maximum Gasteiger partial charge on any atom is 0.187 e. The molecule has 0 amide bonds. The number of halogens is 1. The fourth-order valence-electron chi connectivity index (χ4n) is 2.96. The maximum atomic E-state index is 13.2. The van der Waals surface area contributed by atoms with Crippen LogP contribution in [0.3, 0.4) is 0 Å². The van der Waals surface area contributed by atoms with E-state index in [9.17, 15) is 9.18 Å². The molecule has 1 aliphatic rings. The van der Waals surface area contributed by atoms with Crippen LogP contribution in [0.4, 0.5) is 10.1 Å². The topological polar surface area (TPSA) is 23.6 Å². The number of anilines is 1. The number of rotatable bonds is 4. The molecule has 1 fully saturated rings. The minimum absolute atomic E-state index is 0.155. The molecule has 0 radical (unpaired) electrons. The molecule has 2 aromatic rings. The van der Waals surface area contributed by atoms with E-state index in [0.717, 1.165) is 31.9 Å². The summed E-state index contributed by atoms with van der Waals surface area (Å²) in [5, 5.41) is 0. The highest BCUT2D eigenvalue weighted by atomic mass is 19.1. The third-order valence-corrected chi connectivity index (χ3v) is 4.35. The first-order valence-corrected chi connectivity index (χ1v) is 8.16. The van der Waals surface area contributed by atoms with Crippen molar-refractivity contribution in [2.45, 2.75) is 6.92 Å². The van der Waals surface area contributed by atoms with Gasteiger partial charge < -0.3 is 9.80 Å². The minimum atomic E-state index is -0.386. The predicted molar refractivity (Wildman–Crippen MR) is 94.7 cm³/mol. The average Bonchev–Trinajstić information content (AvgIpc) is 2.62. The van der Waals surface area contributed by atoms with Gasteiger partial charge in [0.05, 0.1) is 0 Å². The highest BCUT2D eigenvalue weighted by molar-refractivity contribution is 6.04. The van der Waals surface area contributed by atoms with E-state index in [1.165, 1.54) is 17.8 Å². The number of hydrogen-bond donors (Lipinski definition) is 0. The van der Waals surface area contributed by atoms with Crippen LogP contribution in [-0.2, 0) is 0 Å².